The van der Waals surface area contributed by atoms with Crippen molar-refractivity contribution in [2.45, 2.75) is 51.8 Å². The van der Waals surface area contributed by atoms with Crippen molar-refractivity contribution in [1.82, 2.24) is 10.2 Å². The van der Waals surface area contributed by atoms with Crippen LogP contribution in [0.3, 0.4) is 0 Å². The molecule has 1 atom stereocenters. The Kier molecular flexibility index (Phi) is 5.68. The number of hydrogen-bond donors (Lipinski definition) is 1. The molecule has 1 aliphatic rings. The highest BCUT2D eigenvalue weighted by molar-refractivity contribution is 9.10. The SMILES string of the molecule is CC(C)(C)OC(=O)N(Cc1ccc(Br)cc1)C[C@@H]1CCC(=O)N1. The predicted octanol–water partition coefficient (Wildman–Crippen LogP) is 3.46. The van der Waals surface area contributed by atoms with Crippen LogP contribution in [0.25, 0.3) is 0 Å². The smallest absolute Gasteiger partial charge is 0.410 e. The van der Waals surface area contributed by atoms with Gasteiger partial charge in [-0.25, -0.2) is 4.79 Å². The number of halogens is 1. The number of hydrogen-bond acceptors (Lipinski definition) is 3. The van der Waals surface area contributed by atoms with Gasteiger partial charge in [0.25, 0.3) is 0 Å². The summed E-state index contributed by atoms with van der Waals surface area (Å²) in [6.07, 6.45) is 0.908. The minimum absolute atomic E-state index is 0.00883. The molecule has 1 aliphatic heterocycles. The summed E-state index contributed by atoms with van der Waals surface area (Å²) in [5.41, 5.74) is 0.469. The van der Waals surface area contributed by atoms with Crippen molar-refractivity contribution < 1.29 is 14.3 Å². The monoisotopic (exact) mass is 382 g/mol. The lowest BCUT2D eigenvalue weighted by Gasteiger charge is -2.29. The van der Waals surface area contributed by atoms with E-state index in [9.17, 15) is 9.59 Å². The van der Waals surface area contributed by atoms with E-state index in [1.54, 1.807) is 4.90 Å². The molecule has 1 fully saturated rings. The third-order valence-corrected chi connectivity index (χ3v) is 3.99. The highest BCUT2D eigenvalue weighted by Crippen LogP contribution is 2.17. The van der Waals surface area contributed by atoms with Gasteiger partial charge in [-0.1, -0.05) is 28.1 Å². The molecule has 0 saturated carbocycles. The quantitative estimate of drug-likeness (QED) is 0.866. The summed E-state index contributed by atoms with van der Waals surface area (Å²) in [6.45, 7) is 6.45. The Morgan fingerprint density at radius 2 is 2.00 bits per heavy atom. The zero-order valence-corrected chi connectivity index (χ0v) is 15.4. The van der Waals surface area contributed by atoms with E-state index in [0.717, 1.165) is 16.5 Å². The van der Waals surface area contributed by atoms with E-state index in [2.05, 4.69) is 21.2 Å². The van der Waals surface area contributed by atoms with Crippen LogP contribution >= 0.6 is 15.9 Å². The molecular formula is C17H23BrN2O3. The molecule has 2 rings (SSSR count). The van der Waals surface area contributed by atoms with E-state index >= 15 is 0 Å². The highest BCUT2D eigenvalue weighted by Gasteiger charge is 2.28. The summed E-state index contributed by atoms with van der Waals surface area (Å²) in [5.74, 6) is 0.0442. The lowest BCUT2D eigenvalue weighted by molar-refractivity contribution is -0.119. The topological polar surface area (TPSA) is 58.6 Å². The Labute approximate surface area is 145 Å². The molecule has 2 amide bonds. The maximum absolute atomic E-state index is 12.5. The fourth-order valence-corrected chi connectivity index (χ4v) is 2.68. The van der Waals surface area contributed by atoms with Crippen molar-refractivity contribution >= 4 is 27.9 Å². The van der Waals surface area contributed by atoms with Crippen LogP contribution < -0.4 is 5.32 Å². The summed E-state index contributed by atoms with van der Waals surface area (Å²) in [6, 6.07) is 7.81. The van der Waals surface area contributed by atoms with Gasteiger partial charge in [-0.15, -0.1) is 0 Å². The van der Waals surface area contributed by atoms with Gasteiger partial charge in [0, 0.05) is 30.0 Å². The standard InChI is InChI=1S/C17H23BrN2O3/c1-17(2,3)23-16(22)20(11-14-8-9-15(21)19-14)10-12-4-6-13(18)7-5-12/h4-7,14H,8-11H2,1-3H3,(H,19,21)/t14-/m0/s1. The summed E-state index contributed by atoms with van der Waals surface area (Å²) in [7, 11) is 0. The molecule has 0 radical (unpaired) electrons. The summed E-state index contributed by atoms with van der Waals surface area (Å²) in [5, 5.41) is 2.90. The van der Waals surface area contributed by atoms with Crippen LogP contribution in [0.4, 0.5) is 4.79 Å². The lowest BCUT2D eigenvalue weighted by atomic mass is 10.1. The van der Waals surface area contributed by atoms with Crippen LogP contribution in [0.15, 0.2) is 28.7 Å². The first-order valence-corrected chi connectivity index (χ1v) is 8.54. The maximum Gasteiger partial charge on any atom is 0.410 e. The lowest BCUT2D eigenvalue weighted by Crippen LogP contribution is -2.43. The van der Waals surface area contributed by atoms with Gasteiger partial charge in [-0.3, -0.25) is 4.79 Å². The normalized spacial score (nSPS) is 17.7. The first-order valence-electron chi connectivity index (χ1n) is 7.75. The third kappa shape index (κ3) is 5.86. The van der Waals surface area contributed by atoms with Crippen molar-refractivity contribution in [3.8, 4) is 0 Å². The number of carbonyl (C=O) groups excluding carboxylic acids is 2. The second-order valence-electron chi connectivity index (χ2n) is 6.79. The van der Waals surface area contributed by atoms with E-state index < -0.39 is 5.60 Å². The van der Waals surface area contributed by atoms with Crippen molar-refractivity contribution in [2.75, 3.05) is 6.54 Å². The number of ether oxygens (including phenoxy) is 1. The van der Waals surface area contributed by atoms with Crippen LogP contribution in [0.2, 0.25) is 0 Å². The van der Waals surface area contributed by atoms with E-state index in [1.807, 2.05) is 45.0 Å². The molecule has 1 N–H and O–H groups in total. The number of rotatable bonds is 4. The maximum atomic E-state index is 12.5. The molecule has 0 aliphatic carbocycles. The van der Waals surface area contributed by atoms with Crippen molar-refractivity contribution in [2.24, 2.45) is 0 Å². The number of amides is 2. The van der Waals surface area contributed by atoms with Gasteiger partial charge in [-0.05, 0) is 44.9 Å². The van der Waals surface area contributed by atoms with Gasteiger partial charge in [0.05, 0.1) is 0 Å². The minimum Gasteiger partial charge on any atom is -0.444 e. The predicted molar refractivity (Wildman–Crippen MR) is 92.0 cm³/mol. The second-order valence-corrected chi connectivity index (χ2v) is 7.71. The number of nitrogens with zero attached hydrogens (tertiary/aromatic N) is 1. The molecule has 1 aromatic rings. The summed E-state index contributed by atoms with van der Waals surface area (Å²) < 4.78 is 6.49. The second kappa shape index (κ2) is 7.34. The van der Waals surface area contributed by atoms with Gasteiger partial charge < -0.3 is 15.0 Å². The fourth-order valence-electron chi connectivity index (χ4n) is 2.42. The molecule has 126 valence electrons. The minimum atomic E-state index is -0.548. The van der Waals surface area contributed by atoms with Gasteiger partial charge >= 0.3 is 6.09 Å². The number of nitrogens with one attached hydrogen (secondary N) is 1. The van der Waals surface area contributed by atoms with Gasteiger partial charge in [0.2, 0.25) is 5.91 Å². The molecule has 0 bridgehead atoms. The zero-order chi connectivity index (χ0) is 17.0. The number of benzene rings is 1. The van der Waals surface area contributed by atoms with E-state index in [0.29, 0.717) is 19.5 Å². The summed E-state index contributed by atoms with van der Waals surface area (Å²) >= 11 is 3.41. The fraction of sp³-hybridized carbons (Fsp3) is 0.529. The average Bonchev–Trinajstić information content (AvgIpc) is 2.84. The van der Waals surface area contributed by atoms with E-state index in [4.69, 9.17) is 4.74 Å². The first-order chi connectivity index (χ1) is 10.7. The summed E-state index contributed by atoms with van der Waals surface area (Å²) in [4.78, 5) is 25.5. The van der Waals surface area contributed by atoms with E-state index in [1.165, 1.54) is 0 Å². The van der Waals surface area contributed by atoms with Crippen molar-refractivity contribution in [1.29, 1.82) is 0 Å². The first kappa shape index (κ1) is 17.8. The average molecular weight is 383 g/mol. The Morgan fingerprint density at radius 1 is 1.35 bits per heavy atom. The zero-order valence-electron chi connectivity index (χ0n) is 13.8. The Bertz CT molecular complexity index is 566. The van der Waals surface area contributed by atoms with Gasteiger partial charge in [0.15, 0.2) is 0 Å². The molecule has 1 saturated heterocycles. The number of carbonyl (C=O) groups is 2. The Hall–Kier alpha value is -1.56. The van der Waals surface area contributed by atoms with Crippen LogP contribution in [0, 0.1) is 0 Å². The molecular weight excluding hydrogens is 360 g/mol. The highest BCUT2D eigenvalue weighted by atomic mass is 79.9. The molecule has 1 aromatic carbocycles. The van der Waals surface area contributed by atoms with Crippen LogP contribution in [-0.2, 0) is 16.1 Å². The third-order valence-electron chi connectivity index (χ3n) is 3.46. The van der Waals surface area contributed by atoms with Crippen LogP contribution in [-0.4, -0.2) is 35.1 Å². The van der Waals surface area contributed by atoms with Crippen LogP contribution in [0.5, 0.6) is 0 Å². The van der Waals surface area contributed by atoms with Crippen LogP contribution in [0.1, 0.15) is 39.2 Å². The molecule has 1 heterocycles. The molecule has 0 spiro atoms. The Morgan fingerprint density at radius 3 is 2.52 bits per heavy atom. The van der Waals surface area contributed by atoms with Crippen molar-refractivity contribution in [3.05, 3.63) is 34.3 Å². The largest absolute Gasteiger partial charge is 0.444 e. The molecule has 23 heavy (non-hydrogen) atoms. The van der Waals surface area contributed by atoms with Crippen molar-refractivity contribution in [3.63, 3.8) is 0 Å². The molecule has 6 heteroatoms. The molecule has 0 unspecified atom stereocenters. The molecule has 0 aromatic heterocycles. The van der Waals surface area contributed by atoms with E-state index in [-0.39, 0.29) is 18.0 Å². The van der Waals surface area contributed by atoms with Gasteiger partial charge in [-0.2, -0.15) is 0 Å². The van der Waals surface area contributed by atoms with Gasteiger partial charge in [0.1, 0.15) is 5.60 Å². The molecule has 5 nitrogen and oxygen atoms in total. The Balaban J connectivity index is 2.08.